The molecule has 0 N–H and O–H groups in total. The molecule has 0 aliphatic heterocycles. The van der Waals surface area contributed by atoms with Crippen molar-refractivity contribution in [3.05, 3.63) is 119 Å². The van der Waals surface area contributed by atoms with Gasteiger partial charge in [-0.1, -0.05) is 152 Å². The van der Waals surface area contributed by atoms with Gasteiger partial charge in [0, 0.05) is 20.9 Å². The molecular formula is C58H70O4RuS2. The maximum atomic E-state index is 7.72. The minimum atomic E-state index is 0. The van der Waals surface area contributed by atoms with Crippen molar-refractivity contribution >= 4 is 23.5 Å². The van der Waals surface area contributed by atoms with E-state index in [0.717, 1.165) is 73.6 Å². The van der Waals surface area contributed by atoms with Crippen LogP contribution in [0.4, 0.5) is 0 Å². The van der Waals surface area contributed by atoms with Gasteiger partial charge in [0.1, 0.15) is 11.5 Å². The molecule has 0 bridgehead atoms. The molecule has 0 heterocycles. The fourth-order valence-corrected chi connectivity index (χ4v) is 7.28. The van der Waals surface area contributed by atoms with Crippen LogP contribution in [0.1, 0.15) is 164 Å². The van der Waals surface area contributed by atoms with Gasteiger partial charge in [0.2, 0.25) is 0 Å². The first-order valence-corrected chi connectivity index (χ1v) is 25.9. The van der Waals surface area contributed by atoms with Crippen LogP contribution in [0.2, 0.25) is 0 Å². The second kappa shape index (κ2) is 35.8. The Bertz CT molecular complexity index is 1990. The minimum Gasteiger partial charge on any atom is -0.511 e. The summed E-state index contributed by atoms with van der Waals surface area (Å²) in [5.74, 6) is 20.7. The average molecular weight is 996 g/mol. The van der Waals surface area contributed by atoms with E-state index in [0.29, 0.717) is 60.6 Å². The molecule has 0 spiro atoms. The van der Waals surface area contributed by atoms with Crippen molar-refractivity contribution in [2.24, 2.45) is 0 Å². The van der Waals surface area contributed by atoms with Crippen LogP contribution in [-0.2, 0) is 19.5 Å². The Morgan fingerprint density at radius 2 is 0.662 bits per heavy atom. The first kappa shape index (κ1) is 56.8. The molecule has 0 unspecified atom stereocenters. The van der Waals surface area contributed by atoms with Crippen molar-refractivity contribution in [3.63, 3.8) is 0 Å². The molecule has 0 atom stereocenters. The van der Waals surface area contributed by atoms with E-state index in [4.69, 9.17) is 31.8 Å². The molecule has 0 saturated heterocycles. The third-order valence-corrected chi connectivity index (χ3v) is 11.8. The average Bonchev–Trinajstić information content (AvgIpc) is 3.33. The molecule has 4 aromatic rings. The number of benzene rings is 4. The van der Waals surface area contributed by atoms with Crippen molar-refractivity contribution in [2.75, 3.05) is 38.9 Å². The third kappa shape index (κ3) is 22.6. The van der Waals surface area contributed by atoms with Gasteiger partial charge in [0.15, 0.2) is 0 Å². The quantitative estimate of drug-likeness (QED) is 0.0205. The number of thioether (sulfide) groups is 2. The molecule has 0 aromatic heterocycles. The number of ether oxygens (including phenoxy) is 4. The molecule has 0 aliphatic carbocycles. The molecule has 4 nitrogen and oxygen atoms in total. The second-order valence-electron chi connectivity index (χ2n) is 15.5. The molecule has 0 fully saturated rings. The number of hydrogen-bond donors (Lipinski definition) is 0. The summed E-state index contributed by atoms with van der Waals surface area (Å²) in [6, 6.07) is 24.0. The molecule has 7 heteroatoms. The van der Waals surface area contributed by atoms with Gasteiger partial charge in [-0.15, -0.1) is 23.5 Å². The van der Waals surface area contributed by atoms with Crippen molar-refractivity contribution < 1.29 is 38.4 Å². The molecular weight excluding hydrogens is 926 g/mol. The van der Waals surface area contributed by atoms with Gasteiger partial charge >= 0.3 is 19.5 Å². The zero-order valence-electron chi connectivity index (χ0n) is 39.9. The smallest absolute Gasteiger partial charge is 0.511 e. The van der Waals surface area contributed by atoms with E-state index in [1.54, 1.807) is 23.5 Å². The summed E-state index contributed by atoms with van der Waals surface area (Å²) in [6.45, 7) is 11.4. The van der Waals surface area contributed by atoms with E-state index in [1.165, 1.54) is 61.2 Å². The summed E-state index contributed by atoms with van der Waals surface area (Å²) in [6.07, 6.45) is 37.8. The fourth-order valence-electron chi connectivity index (χ4n) is 6.46. The number of hydrogen-bond acceptors (Lipinski definition) is 6. The van der Waals surface area contributed by atoms with E-state index in [9.17, 15) is 0 Å². The molecule has 0 saturated carbocycles. The van der Waals surface area contributed by atoms with Crippen molar-refractivity contribution in [2.45, 2.75) is 140 Å². The van der Waals surface area contributed by atoms with Crippen LogP contribution in [0, 0.1) is 48.4 Å². The maximum Gasteiger partial charge on any atom is 2.00 e. The summed E-state index contributed by atoms with van der Waals surface area (Å²) in [4.78, 5) is 2.44. The monoisotopic (exact) mass is 996 g/mol. The van der Waals surface area contributed by atoms with Crippen molar-refractivity contribution in [1.29, 1.82) is 0 Å². The first-order valence-electron chi connectivity index (χ1n) is 23.5. The van der Waals surface area contributed by atoms with E-state index < -0.39 is 0 Å². The molecule has 0 aliphatic rings. The van der Waals surface area contributed by atoms with Gasteiger partial charge in [-0.05, 0) is 98.9 Å². The largest absolute Gasteiger partial charge is 2.00 e. The summed E-state index contributed by atoms with van der Waals surface area (Å²) < 4.78 is 24.2. The fraction of sp³-hybridized carbons (Fsp3) is 0.448. The van der Waals surface area contributed by atoms with Crippen LogP contribution in [0.3, 0.4) is 0 Å². The molecule has 0 amide bonds. The summed E-state index contributed by atoms with van der Waals surface area (Å²) in [5, 5.41) is 0. The van der Waals surface area contributed by atoms with E-state index in [-0.39, 0.29) is 19.5 Å². The van der Waals surface area contributed by atoms with Crippen LogP contribution in [0.5, 0.6) is 23.0 Å². The Morgan fingerprint density at radius 1 is 0.385 bits per heavy atom. The topological polar surface area (TPSA) is 36.9 Å². The predicted molar refractivity (Wildman–Crippen MR) is 272 cm³/mol. The Hall–Kier alpha value is -4.36. The van der Waals surface area contributed by atoms with Gasteiger partial charge in [0.05, 0.1) is 49.1 Å². The SMILES string of the molecule is [C-]#Cc1cc(OCCCCCC)c(C#Cc2ccc(SC)cc2)cc1OCCCCCC.[C-]#Cc1cc(OCCCCCC)c(C#Cc2ccc(SC)cc2)cc1OCCCCCC.[Ru+2]. The van der Waals surface area contributed by atoms with E-state index >= 15 is 0 Å². The van der Waals surface area contributed by atoms with Crippen LogP contribution in [-0.4, -0.2) is 38.9 Å². The molecule has 0 radical (unpaired) electrons. The van der Waals surface area contributed by atoms with E-state index in [1.807, 2.05) is 48.5 Å². The first-order chi connectivity index (χ1) is 31.4. The zero-order chi connectivity index (χ0) is 46.0. The van der Waals surface area contributed by atoms with Crippen LogP contribution in [0.25, 0.3) is 0 Å². The van der Waals surface area contributed by atoms with Crippen LogP contribution >= 0.6 is 23.5 Å². The third-order valence-electron chi connectivity index (χ3n) is 10.3. The van der Waals surface area contributed by atoms with Gasteiger partial charge in [-0.25, -0.2) is 0 Å². The van der Waals surface area contributed by atoms with E-state index in [2.05, 4.69) is 100.0 Å². The van der Waals surface area contributed by atoms with Crippen LogP contribution < -0.4 is 18.9 Å². The van der Waals surface area contributed by atoms with Gasteiger partial charge < -0.3 is 31.8 Å². The van der Waals surface area contributed by atoms with Crippen LogP contribution in [0.15, 0.2) is 82.6 Å². The van der Waals surface area contributed by atoms with Gasteiger partial charge in [-0.2, -0.15) is 0 Å². The van der Waals surface area contributed by atoms with Crippen molar-refractivity contribution in [1.82, 2.24) is 0 Å². The molecule has 65 heavy (non-hydrogen) atoms. The predicted octanol–water partition coefficient (Wildman–Crippen LogP) is 15.3. The molecule has 4 rings (SSSR count). The normalized spacial score (nSPS) is 10.0. The Kier molecular flexibility index (Phi) is 31.3. The maximum absolute atomic E-state index is 7.72. The minimum absolute atomic E-state index is 0. The summed E-state index contributed by atoms with van der Waals surface area (Å²) in [5.41, 5.74) is 4.72. The molecule has 346 valence electrons. The molecule has 4 aromatic carbocycles. The number of rotatable bonds is 26. The zero-order valence-corrected chi connectivity index (χ0v) is 43.2. The second-order valence-corrected chi connectivity index (χ2v) is 17.3. The van der Waals surface area contributed by atoms with Gasteiger partial charge in [0.25, 0.3) is 0 Å². The Labute approximate surface area is 416 Å². The Morgan fingerprint density at radius 3 is 0.923 bits per heavy atom. The summed E-state index contributed by atoms with van der Waals surface area (Å²) >= 11 is 3.44. The Balaban J connectivity index is 0.000000440. The van der Waals surface area contributed by atoms with Gasteiger partial charge in [-0.3, -0.25) is 11.8 Å². The standard InChI is InChI=1S/2C29H35O2S.Ru/c2*1-5-8-10-12-20-30-28-23-26(17-14-24-15-18-27(32-4)19-16-24)29(22-25(28)7-3)31-21-13-11-9-6-2;/h2*15-16,18-19,22-23H,5-6,8-13,20-21H2,1-2,4H3;/q2*-1;+2. The number of unbranched alkanes of at least 4 members (excludes halogenated alkanes) is 12. The summed E-state index contributed by atoms with van der Waals surface area (Å²) in [7, 11) is 0. The van der Waals surface area contributed by atoms with Crippen molar-refractivity contribution in [3.8, 4) is 58.5 Å².